The predicted octanol–water partition coefficient (Wildman–Crippen LogP) is 3.93. The van der Waals surface area contributed by atoms with Gasteiger partial charge in [-0.1, -0.05) is 23.7 Å². The Morgan fingerprint density at radius 2 is 1.77 bits per heavy atom. The molecule has 0 bridgehead atoms. The molecular weight excluding hydrogens is 445 g/mol. The number of aromatic nitrogens is 1. The van der Waals surface area contributed by atoms with E-state index in [1.165, 1.54) is 61.8 Å². The summed E-state index contributed by atoms with van der Waals surface area (Å²) in [4.78, 5) is 16.6. The number of halogens is 2. The summed E-state index contributed by atoms with van der Waals surface area (Å²) < 4.78 is 46.5. The van der Waals surface area contributed by atoms with Gasteiger partial charge in [-0.15, -0.1) is 0 Å². The van der Waals surface area contributed by atoms with Crippen molar-refractivity contribution >= 4 is 33.2 Å². The highest BCUT2D eigenvalue weighted by Crippen LogP contribution is 2.23. The Bertz CT molecular complexity index is 1140. The average molecular weight is 464 g/mol. The second-order valence-electron chi connectivity index (χ2n) is 6.52. The van der Waals surface area contributed by atoms with E-state index in [1.807, 2.05) is 0 Å². The normalized spacial score (nSPS) is 12.2. The van der Waals surface area contributed by atoms with Crippen molar-refractivity contribution in [3.05, 3.63) is 83.3 Å². The molecule has 0 radical (unpaired) electrons. The van der Waals surface area contributed by atoms with Gasteiger partial charge in [-0.2, -0.15) is 0 Å². The highest BCUT2D eigenvalue weighted by atomic mass is 35.5. The lowest BCUT2D eigenvalue weighted by atomic mass is 10.0. The van der Waals surface area contributed by atoms with E-state index in [1.54, 1.807) is 12.1 Å². The third-order valence-corrected chi connectivity index (χ3v) is 6.05. The number of nitrogens with zero attached hydrogens (tertiary/aromatic N) is 1. The molecule has 3 aromatic rings. The maximum Gasteiger partial charge on any atom is 0.241 e. The standard InChI is InChI=1S/C21H19ClFN3O4S/c1-30-21-11-8-17(13-24-21)25-20(27)12-19(14-2-6-16(23)7-3-14)26-31(28,29)18-9-4-15(22)5-10-18/h2-11,13,19,26H,12H2,1H3,(H,25,27)/t19-/m0/s1. The average Bonchev–Trinajstić information content (AvgIpc) is 2.74. The number of ether oxygens (including phenoxy) is 1. The number of nitrogens with one attached hydrogen (secondary N) is 2. The summed E-state index contributed by atoms with van der Waals surface area (Å²) >= 11 is 5.83. The minimum Gasteiger partial charge on any atom is -0.481 e. The predicted molar refractivity (Wildman–Crippen MR) is 115 cm³/mol. The Morgan fingerprint density at radius 3 is 2.35 bits per heavy atom. The highest BCUT2D eigenvalue weighted by molar-refractivity contribution is 7.89. The van der Waals surface area contributed by atoms with Crippen LogP contribution in [0.25, 0.3) is 0 Å². The summed E-state index contributed by atoms with van der Waals surface area (Å²) in [5.74, 6) is -0.546. The number of hydrogen-bond acceptors (Lipinski definition) is 5. The van der Waals surface area contributed by atoms with Crippen molar-refractivity contribution in [3.63, 3.8) is 0 Å². The highest BCUT2D eigenvalue weighted by Gasteiger charge is 2.24. The molecule has 31 heavy (non-hydrogen) atoms. The van der Waals surface area contributed by atoms with Gasteiger partial charge in [0, 0.05) is 17.5 Å². The first kappa shape index (κ1) is 22.7. The van der Waals surface area contributed by atoms with Crippen LogP contribution in [0.4, 0.5) is 10.1 Å². The van der Waals surface area contributed by atoms with E-state index in [-0.39, 0.29) is 11.3 Å². The SMILES string of the molecule is COc1ccc(NC(=O)C[C@H](NS(=O)(=O)c2ccc(Cl)cc2)c2ccc(F)cc2)cn1. The third kappa shape index (κ3) is 6.24. The summed E-state index contributed by atoms with van der Waals surface area (Å²) in [6.45, 7) is 0. The van der Waals surface area contributed by atoms with Gasteiger partial charge < -0.3 is 10.1 Å². The first-order valence-electron chi connectivity index (χ1n) is 9.10. The molecule has 0 aliphatic carbocycles. The fourth-order valence-corrected chi connectivity index (χ4v) is 4.11. The first-order valence-corrected chi connectivity index (χ1v) is 11.0. The molecule has 162 valence electrons. The Kier molecular flexibility index (Phi) is 7.21. The van der Waals surface area contributed by atoms with Gasteiger partial charge in [0.1, 0.15) is 5.82 Å². The van der Waals surface area contributed by atoms with E-state index in [9.17, 15) is 17.6 Å². The molecule has 0 spiro atoms. The topological polar surface area (TPSA) is 97.4 Å². The summed E-state index contributed by atoms with van der Waals surface area (Å²) in [6.07, 6.45) is 1.19. The maximum atomic E-state index is 13.4. The van der Waals surface area contributed by atoms with Crippen molar-refractivity contribution in [2.45, 2.75) is 17.4 Å². The summed E-state index contributed by atoms with van der Waals surface area (Å²) in [7, 11) is -2.50. The molecule has 1 heterocycles. The van der Waals surface area contributed by atoms with Crippen LogP contribution in [0.3, 0.4) is 0 Å². The van der Waals surface area contributed by atoms with E-state index >= 15 is 0 Å². The molecule has 1 aromatic heterocycles. The minimum atomic E-state index is -3.97. The van der Waals surface area contributed by atoms with Gasteiger partial charge in [0.05, 0.1) is 29.9 Å². The van der Waals surface area contributed by atoms with Crippen molar-refractivity contribution in [2.24, 2.45) is 0 Å². The van der Waals surface area contributed by atoms with Gasteiger partial charge in [0.15, 0.2) is 0 Å². The molecule has 2 N–H and O–H groups in total. The van der Waals surface area contributed by atoms with E-state index in [4.69, 9.17) is 16.3 Å². The third-order valence-electron chi connectivity index (χ3n) is 4.31. The number of anilines is 1. The lowest BCUT2D eigenvalue weighted by molar-refractivity contribution is -0.116. The lowest BCUT2D eigenvalue weighted by Crippen LogP contribution is -2.31. The first-order chi connectivity index (χ1) is 14.8. The van der Waals surface area contributed by atoms with Crippen molar-refractivity contribution in [1.29, 1.82) is 0 Å². The number of pyridine rings is 1. The van der Waals surface area contributed by atoms with Gasteiger partial charge in [-0.05, 0) is 48.0 Å². The molecule has 3 rings (SSSR count). The molecule has 10 heteroatoms. The van der Waals surface area contributed by atoms with Crippen molar-refractivity contribution < 1.29 is 22.3 Å². The van der Waals surface area contributed by atoms with Crippen molar-refractivity contribution in [2.75, 3.05) is 12.4 Å². The molecule has 0 saturated heterocycles. The molecule has 0 aliphatic heterocycles. The molecule has 7 nitrogen and oxygen atoms in total. The summed E-state index contributed by atoms with van der Waals surface area (Å²) in [6, 6.07) is 13.1. The van der Waals surface area contributed by atoms with E-state index in [0.29, 0.717) is 22.2 Å². The van der Waals surface area contributed by atoms with Gasteiger partial charge in [-0.25, -0.2) is 22.5 Å². The number of rotatable bonds is 8. The van der Waals surface area contributed by atoms with Crippen LogP contribution < -0.4 is 14.8 Å². The lowest BCUT2D eigenvalue weighted by Gasteiger charge is -2.19. The van der Waals surface area contributed by atoms with Gasteiger partial charge in [0.2, 0.25) is 21.8 Å². The van der Waals surface area contributed by atoms with Crippen LogP contribution in [0.2, 0.25) is 5.02 Å². The molecule has 1 amide bonds. The molecule has 0 aliphatic rings. The number of carbonyl (C=O) groups is 1. The molecular formula is C21H19ClFN3O4S. The number of methoxy groups -OCH3 is 1. The second kappa shape index (κ2) is 9.86. The monoisotopic (exact) mass is 463 g/mol. The quantitative estimate of drug-likeness (QED) is 0.527. The molecule has 0 saturated carbocycles. The fourth-order valence-electron chi connectivity index (χ4n) is 2.76. The van der Waals surface area contributed by atoms with Gasteiger partial charge in [-0.3, -0.25) is 4.79 Å². The zero-order chi connectivity index (χ0) is 22.4. The van der Waals surface area contributed by atoms with E-state index in [2.05, 4.69) is 15.0 Å². The smallest absolute Gasteiger partial charge is 0.241 e. The van der Waals surface area contributed by atoms with Crippen LogP contribution >= 0.6 is 11.6 Å². The number of carbonyl (C=O) groups excluding carboxylic acids is 1. The minimum absolute atomic E-state index is 0.0104. The van der Waals surface area contributed by atoms with Crippen LogP contribution in [-0.2, 0) is 14.8 Å². The zero-order valence-corrected chi connectivity index (χ0v) is 18.0. The number of hydrogen-bond donors (Lipinski definition) is 2. The summed E-state index contributed by atoms with van der Waals surface area (Å²) in [5, 5.41) is 3.04. The number of benzene rings is 2. The molecule has 1 atom stereocenters. The van der Waals surface area contributed by atoms with Gasteiger partial charge in [0.25, 0.3) is 0 Å². The van der Waals surface area contributed by atoms with Gasteiger partial charge >= 0.3 is 0 Å². The Balaban J connectivity index is 1.81. The zero-order valence-electron chi connectivity index (χ0n) is 16.4. The van der Waals surface area contributed by atoms with E-state index < -0.39 is 27.8 Å². The molecule has 2 aromatic carbocycles. The molecule has 0 fully saturated rings. The maximum absolute atomic E-state index is 13.4. The van der Waals surface area contributed by atoms with E-state index in [0.717, 1.165) is 0 Å². The number of amides is 1. The van der Waals surface area contributed by atoms with Crippen LogP contribution in [0, 0.1) is 5.82 Å². The Labute approximate surface area is 184 Å². The fraction of sp³-hybridized carbons (Fsp3) is 0.143. The van der Waals surface area contributed by atoms with Crippen LogP contribution in [0.15, 0.2) is 71.8 Å². The van der Waals surface area contributed by atoms with Crippen molar-refractivity contribution in [3.8, 4) is 5.88 Å². The van der Waals surface area contributed by atoms with Crippen LogP contribution in [-0.4, -0.2) is 26.4 Å². The number of sulfonamides is 1. The van der Waals surface area contributed by atoms with Crippen molar-refractivity contribution in [1.82, 2.24) is 9.71 Å². The van der Waals surface area contributed by atoms with Crippen LogP contribution in [0.1, 0.15) is 18.0 Å². The largest absolute Gasteiger partial charge is 0.481 e. The second-order valence-corrected chi connectivity index (χ2v) is 8.67. The van der Waals surface area contributed by atoms with Crippen LogP contribution in [0.5, 0.6) is 5.88 Å². The Morgan fingerprint density at radius 1 is 1.10 bits per heavy atom. The molecule has 0 unspecified atom stereocenters. The summed E-state index contributed by atoms with van der Waals surface area (Å²) in [5.41, 5.74) is 0.853. The Hall–Kier alpha value is -3.01.